The Morgan fingerprint density at radius 1 is 1.00 bits per heavy atom. The molecule has 0 aromatic heterocycles. The highest BCUT2D eigenvalue weighted by molar-refractivity contribution is 5.99. The van der Waals surface area contributed by atoms with Crippen LogP contribution in [0.4, 0.5) is 14.5 Å². The molecule has 0 saturated heterocycles. The number of hydrogen-bond acceptors (Lipinski definition) is 1. The quantitative estimate of drug-likeness (QED) is 0.907. The fraction of sp³-hybridized carbons (Fsp3) is 0.235. The Morgan fingerprint density at radius 2 is 1.67 bits per heavy atom. The molecule has 0 spiro atoms. The lowest BCUT2D eigenvalue weighted by atomic mass is 9.63. The van der Waals surface area contributed by atoms with Crippen molar-refractivity contribution in [1.29, 1.82) is 0 Å². The lowest BCUT2D eigenvalue weighted by Gasteiger charge is -2.40. The highest BCUT2D eigenvalue weighted by Crippen LogP contribution is 2.45. The molecule has 0 atom stereocenters. The van der Waals surface area contributed by atoms with Gasteiger partial charge in [0.15, 0.2) is 0 Å². The van der Waals surface area contributed by atoms with Crippen LogP contribution in [0.1, 0.15) is 24.8 Å². The lowest BCUT2D eigenvalue weighted by Crippen LogP contribution is -2.46. The van der Waals surface area contributed by atoms with Crippen molar-refractivity contribution >= 4 is 11.6 Å². The number of anilines is 1. The topological polar surface area (TPSA) is 29.1 Å². The van der Waals surface area contributed by atoms with Crippen LogP contribution in [-0.2, 0) is 10.2 Å². The zero-order chi connectivity index (χ0) is 14.9. The normalized spacial score (nSPS) is 16.1. The van der Waals surface area contributed by atoms with Gasteiger partial charge in [0.25, 0.3) is 0 Å². The van der Waals surface area contributed by atoms with Crippen molar-refractivity contribution in [2.24, 2.45) is 0 Å². The smallest absolute Gasteiger partial charge is 0.235 e. The molecular weight excluding hydrogens is 272 g/mol. The van der Waals surface area contributed by atoms with E-state index >= 15 is 0 Å². The Bertz CT molecular complexity index is 663. The van der Waals surface area contributed by atoms with Crippen molar-refractivity contribution in [2.45, 2.75) is 24.7 Å². The van der Waals surface area contributed by atoms with Gasteiger partial charge in [0.05, 0.1) is 5.41 Å². The summed E-state index contributed by atoms with van der Waals surface area (Å²) in [6, 6.07) is 12.0. The first-order chi connectivity index (χ1) is 10.1. The first-order valence-corrected chi connectivity index (χ1v) is 6.94. The number of amides is 1. The standard InChI is InChI=1S/C17H15F2NO/c18-12-6-8-13(9-7-12)20-16(21)17(10-3-11-17)14-4-1-2-5-15(14)19/h1-2,4-9H,3,10-11H2,(H,20,21). The van der Waals surface area contributed by atoms with Crippen molar-refractivity contribution in [3.8, 4) is 0 Å². The van der Waals surface area contributed by atoms with Gasteiger partial charge in [-0.05, 0) is 43.2 Å². The SMILES string of the molecule is O=C(Nc1ccc(F)cc1)C1(c2ccccc2F)CCC1. The molecule has 0 bridgehead atoms. The molecule has 1 N–H and O–H groups in total. The molecule has 0 aliphatic heterocycles. The van der Waals surface area contributed by atoms with Crippen molar-refractivity contribution in [3.63, 3.8) is 0 Å². The van der Waals surface area contributed by atoms with Gasteiger partial charge in [-0.1, -0.05) is 24.6 Å². The molecule has 0 radical (unpaired) electrons. The molecule has 0 heterocycles. The van der Waals surface area contributed by atoms with Crippen molar-refractivity contribution in [3.05, 3.63) is 65.7 Å². The highest BCUT2D eigenvalue weighted by atomic mass is 19.1. The van der Waals surface area contributed by atoms with Gasteiger partial charge < -0.3 is 5.32 Å². The Hall–Kier alpha value is -2.23. The zero-order valence-corrected chi connectivity index (χ0v) is 11.4. The van der Waals surface area contributed by atoms with E-state index in [0.717, 1.165) is 6.42 Å². The number of hydrogen-bond donors (Lipinski definition) is 1. The number of benzene rings is 2. The van der Waals surface area contributed by atoms with Crippen molar-refractivity contribution < 1.29 is 13.6 Å². The van der Waals surface area contributed by atoms with Crippen LogP contribution in [0.5, 0.6) is 0 Å². The van der Waals surface area contributed by atoms with Crippen LogP contribution in [0, 0.1) is 11.6 Å². The van der Waals surface area contributed by atoms with Gasteiger partial charge in [-0.3, -0.25) is 4.79 Å². The predicted molar refractivity (Wildman–Crippen MR) is 77.0 cm³/mol. The number of carbonyl (C=O) groups is 1. The molecule has 1 aliphatic carbocycles. The van der Waals surface area contributed by atoms with E-state index in [0.29, 0.717) is 24.1 Å². The number of rotatable bonds is 3. The Kier molecular flexibility index (Phi) is 3.45. The Morgan fingerprint density at radius 3 is 2.24 bits per heavy atom. The van der Waals surface area contributed by atoms with Gasteiger partial charge in [-0.25, -0.2) is 8.78 Å². The van der Waals surface area contributed by atoms with Crippen LogP contribution in [0.15, 0.2) is 48.5 Å². The van der Waals surface area contributed by atoms with E-state index in [-0.39, 0.29) is 17.5 Å². The summed E-state index contributed by atoms with van der Waals surface area (Å²) in [6.45, 7) is 0. The summed E-state index contributed by atoms with van der Waals surface area (Å²) in [6.07, 6.45) is 2.15. The van der Waals surface area contributed by atoms with E-state index in [2.05, 4.69) is 5.32 Å². The van der Waals surface area contributed by atoms with Gasteiger partial charge in [-0.15, -0.1) is 0 Å². The number of nitrogens with one attached hydrogen (secondary N) is 1. The predicted octanol–water partition coefficient (Wildman–Crippen LogP) is 4.03. The fourth-order valence-electron chi connectivity index (χ4n) is 2.78. The minimum atomic E-state index is -0.806. The van der Waals surface area contributed by atoms with Gasteiger partial charge in [0.2, 0.25) is 5.91 Å². The van der Waals surface area contributed by atoms with Crippen LogP contribution in [0.25, 0.3) is 0 Å². The first kappa shape index (κ1) is 13.7. The van der Waals surface area contributed by atoms with Gasteiger partial charge in [0.1, 0.15) is 11.6 Å². The maximum absolute atomic E-state index is 14.0. The van der Waals surface area contributed by atoms with Crippen LogP contribution in [-0.4, -0.2) is 5.91 Å². The van der Waals surface area contributed by atoms with E-state index < -0.39 is 5.41 Å². The summed E-state index contributed by atoms with van der Waals surface area (Å²) in [5, 5.41) is 2.77. The summed E-state index contributed by atoms with van der Waals surface area (Å²) in [5.41, 5.74) is 0.152. The third-order valence-corrected chi connectivity index (χ3v) is 4.13. The molecule has 4 heteroatoms. The Labute approximate surface area is 121 Å². The van der Waals surface area contributed by atoms with E-state index in [1.54, 1.807) is 18.2 Å². The van der Waals surface area contributed by atoms with E-state index in [1.165, 1.54) is 30.3 Å². The van der Waals surface area contributed by atoms with E-state index in [9.17, 15) is 13.6 Å². The van der Waals surface area contributed by atoms with Gasteiger partial charge in [-0.2, -0.15) is 0 Å². The van der Waals surface area contributed by atoms with Gasteiger partial charge in [0, 0.05) is 11.3 Å². The molecule has 1 saturated carbocycles. The molecular formula is C17H15F2NO. The van der Waals surface area contributed by atoms with Gasteiger partial charge >= 0.3 is 0 Å². The minimum absolute atomic E-state index is 0.231. The molecule has 2 aromatic carbocycles. The second kappa shape index (κ2) is 5.28. The van der Waals surface area contributed by atoms with E-state index in [4.69, 9.17) is 0 Å². The maximum atomic E-state index is 14.0. The first-order valence-electron chi connectivity index (χ1n) is 6.94. The monoisotopic (exact) mass is 287 g/mol. The minimum Gasteiger partial charge on any atom is -0.325 e. The molecule has 1 amide bonds. The summed E-state index contributed by atoms with van der Waals surface area (Å²) in [4.78, 5) is 12.6. The maximum Gasteiger partial charge on any atom is 0.235 e. The second-order valence-electron chi connectivity index (χ2n) is 5.38. The van der Waals surface area contributed by atoms with Crippen molar-refractivity contribution in [1.82, 2.24) is 0 Å². The van der Waals surface area contributed by atoms with Crippen LogP contribution >= 0.6 is 0 Å². The largest absolute Gasteiger partial charge is 0.325 e. The fourth-order valence-corrected chi connectivity index (χ4v) is 2.78. The second-order valence-corrected chi connectivity index (χ2v) is 5.38. The highest BCUT2D eigenvalue weighted by Gasteiger charge is 2.47. The molecule has 108 valence electrons. The summed E-state index contributed by atoms with van der Waals surface area (Å²) >= 11 is 0. The molecule has 0 unspecified atom stereocenters. The third-order valence-electron chi connectivity index (χ3n) is 4.13. The lowest BCUT2D eigenvalue weighted by molar-refractivity contribution is -0.124. The van der Waals surface area contributed by atoms with E-state index in [1.807, 2.05) is 0 Å². The zero-order valence-electron chi connectivity index (χ0n) is 11.4. The number of carbonyl (C=O) groups excluding carboxylic acids is 1. The third kappa shape index (κ3) is 2.42. The summed E-state index contributed by atoms with van der Waals surface area (Å²) in [5.74, 6) is -0.947. The molecule has 1 fully saturated rings. The van der Waals surface area contributed by atoms with Crippen LogP contribution in [0.2, 0.25) is 0 Å². The summed E-state index contributed by atoms with van der Waals surface area (Å²) in [7, 11) is 0. The summed E-state index contributed by atoms with van der Waals surface area (Å²) < 4.78 is 26.9. The average Bonchev–Trinajstić information content (AvgIpc) is 2.42. The Balaban J connectivity index is 1.88. The number of halogens is 2. The molecule has 21 heavy (non-hydrogen) atoms. The molecule has 2 aromatic rings. The van der Waals surface area contributed by atoms with Crippen LogP contribution < -0.4 is 5.32 Å². The molecule has 1 aliphatic rings. The molecule has 3 rings (SSSR count). The van der Waals surface area contributed by atoms with Crippen LogP contribution in [0.3, 0.4) is 0 Å². The van der Waals surface area contributed by atoms with Crippen molar-refractivity contribution in [2.75, 3.05) is 5.32 Å². The molecule has 2 nitrogen and oxygen atoms in total. The average molecular weight is 287 g/mol.